The van der Waals surface area contributed by atoms with Crippen LogP contribution in [0.25, 0.3) is 0 Å². The number of hydrogen-bond donors (Lipinski definition) is 0. The smallest absolute Gasteiger partial charge is 0.0291 e. The maximum absolute atomic E-state index is 4.71. The summed E-state index contributed by atoms with van der Waals surface area (Å²) in [6, 6.07) is 0. The predicted octanol–water partition coefficient (Wildman–Crippen LogP) is 7.90. The second kappa shape index (κ2) is 20.1. The first-order valence-corrected chi connectivity index (χ1v) is 10.2. The summed E-state index contributed by atoms with van der Waals surface area (Å²) in [5.41, 5.74) is 0. The largest absolute Gasteiger partial charge is 0.0837 e. The Bertz CT molecular complexity index is 188. The van der Waals surface area contributed by atoms with Crippen LogP contribution in [0.1, 0.15) is 122 Å². The molecule has 0 rings (SSSR count). The van der Waals surface area contributed by atoms with Gasteiger partial charge in [0.2, 0.25) is 0 Å². The summed E-state index contributed by atoms with van der Waals surface area (Å²) < 4.78 is 0. The van der Waals surface area contributed by atoms with Crippen molar-refractivity contribution in [1.29, 1.82) is 0 Å². The van der Waals surface area contributed by atoms with Crippen LogP contribution in [-0.4, -0.2) is 5.37 Å². The molecule has 0 spiro atoms. The first-order valence-electron chi connectivity index (χ1n) is 9.76. The van der Waals surface area contributed by atoms with Gasteiger partial charge in [0.05, 0.1) is 0 Å². The van der Waals surface area contributed by atoms with Crippen molar-refractivity contribution in [2.75, 3.05) is 0 Å². The Labute approximate surface area is 140 Å². The van der Waals surface area contributed by atoms with E-state index in [1.165, 1.54) is 109 Å². The molecule has 0 bridgehead atoms. The quantitative estimate of drug-likeness (QED) is 0.183. The van der Waals surface area contributed by atoms with Crippen molar-refractivity contribution in [1.82, 2.24) is 0 Å². The van der Waals surface area contributed by atoms with Gasteiger partial charge in [0.15, 0.2) is 0 Å². The summed E-state index contributed by atoms with van der Waals surface area (Å²) in [6.07, 6.45) is 25.4. The molecular weight excluding hydrogens is 272 g/mol. The lowest BCUT2D eigenvalue weighted by atomic mass is 10.0. The van der Waals surface area contributed by atoms with E-state index < -0.39 is 0 Å². The van der Waals surface area contributed by atoms with Crippen molar-refractivity contribution in [3.63, 3.8) is 0 Å². The molecule has 0 saturated heterocycles. The van der Waals surface area contributed by atoms with Crippen LogP contribution in [0.3, 0.4) is 0 Å². The summed E-state index contributed by atoms with van der Waals surface area (Å²) in [7, 11) is 0. The fourth-order valence-corrected chi connectivity index (χ4v) is 3.07. The summed E-state index contributed by atoms with van der Waals surface area (Å²) in [5, 5.41) is 2.80. The molecular formula is C20H39S. The van der Waals surface area contributed by atoms with E-state index in [1.54, 1.807) is 0 Å². The minimum atomic E-state index is 1.01. The van der Waals surface area contributed by atoms with Gasteiger partial charge in [-0.1, -0.05) is 122 Å². The second-order valence-corrected chi connectivity index (χ2v) is 6.84. The third-order valence-electron chi connectivity index (χ3n) is 4.38. The van der Waals surface area contributed by atoms with Gasteiger partial charge >= 0.3 is 0 Å². The van der Waals surface area contributed by atoms with E-state index in [1.807, 2.05) is 0 Å². The third-order valence-corrected chi connectivity index (χ3v) is 4.59. The minimum absolute atomic E-state index is 1.01. The molecule has 125 valence electrons. The van der Waals surface area contributed by atoms with Crippen LogP contribution in [0, 0.1) is 0 Å². The molecule has 21 heavy (non-hydrogen) atoms. The van der Waals surface area contributed by atoms with Crippen LogP contribution in [-0.2, 0) is 0 Å². The van der Waals surface area contributed by atoms with Gasteiger partial charge in [0.1, 0.15) is 0 Å². The number of hydrogen-bond acceptors (Lipinski definition) is 1. The maximum Gasteiger partial charge on any atom is 0.0291 e. The molecule has 0 aromatic rings. The molecule has 0 fully saturated rings. The summed E-state index contributed by atoms with van der Waals surface area (Å²) >= 11 is 4.71. The Hall–Kier alpha value is 0.0900. The van der Waals surface area contributed by atoms with Crippen LogP contribution in [0.4, 0.5) is 0 Å². The molecule has 0 aromatic heterocycles. The highest BCUT2D eigenvalue weighted by molar-refractivity contribution is 7.78. The van der Waals surface area contributed by atoms with Gasteiger partial charge in [-0.25, -0.2) is 0 Å². The monoisotopic (exact) mass is 311 g/mol. The lowest BCUT2D eigenvalue weighted by Crippen LogP contribution is -1.84. The normalized spacial score (nSPS) is 10.9. The highest BCUT2D eigenvalue weighted by atomic mass is 32.1. The third kappa shape index (κ3) is 20.1. The SMILES string of the molecule is CCCCCCCCCCCCCCCCCCC[C]=S. The zero-order valence-corrected chi connectivity index (χ0v) is 15.5. The van der Waals surface area contributed by atoms with Crippen LogP contribution in [0.15, 0.2) is 0 Å². The average molecular weight is 312 g/mol. The molecule has 0 atom stereocenters. The highest BCUT2D eigenvalue weighted by Gasteiger charge is 1.94. The van der Waals surface area contributed by atoms with Gasteiger partial charge < -0.3 is 0 Å². The Balaban J connectivity index is 2.91. The standard InChI is InChI=1S/C20H39S/c1-2-3-4-5-6-7-8-9-10-11-12-13-14-15-16-17-18-19-20-21/h2-19H2,1H3. The van der Waals surface area contributed by atoms with Crippen molar-refractivity contribution < 1.29 is 0 Å². The van der Waals surface area contributed by atoms with Crippen molar-refractivity contribution in [3.8, 4) is 0 Å². The van der Waals surface area contributed by atoms with Crippen molar-refractivity contribution in [2.24, 2.45) is 0 Å². The van der Waals surface area contributed by atoms with Crippen LogP contribution >= 0.6 is 12.2 Å². The van der Waals surface area contributed by atoms with E-state index in [0.717, 1.165) is 6.42 Å². The molecule has 0 amide bonds. The first-order chi connectivity index (χ1) is 10.4. The van der Waals surface area contributed by atoms with Gasteiger partial charge in [0.25, 0.3) is 0 Å². The fourth-order valence-electron chi connectivity index (χ4n) is 2.92. The fraction of sp³-hybridized carbons (Fsp3) is 0.950. The van der Waals surface area contributed by atoms with Gasteiger partial charge in [-0.2, -0.15) is 0 Å². The molecule has 1 radical (unpaired) electrons. The zero-order valence-electron chi connectivity index (χ0n) is 14.6. The molecule has 1 heteroatoms. The molecule has 0 N–H and O–H groups in total. The summed E-state index contributed by atoms with van der Waals surface area (Å²) in [4.78, 5) is 0. The van der Waals surface area contributed by atoms with Gasteiger partial charge in [-0.15, -0.1) is 0 Å². The van der Waals surface area contributed by atoms with Crippen LogP contribution in [0.5, 0.6) is 0 Å². The summed E-state index contributed by atoms with van der Waals surface area (Å²) in [6.45, 7) is 2.29. The Morgan fingerprint density at radius 2 is 0.762 bits per heavy atom. The van der Waals surface area contributed by atoms with Crippen molar-refractivity contribution >= 4 is 17.6 Å². The first kappa shape index (κ1) is 21.1. The van der Waals surface area contributed by atoms with Gasteiger partial charge in [-0.05, 0) is 12.8 Å². The molecule has 0 aliphatic heterocycles. The van der Waals surface area contributed by atoms with Crippen molar-refractivity contribution in [2.45, 2.75) is 122 Å². The number of unbranched alkanes of at least 4 members (excludes halogenated alkanes) is 17. The van der Waals surface area contributed by atoms with E-state index in [9.17, 15) is 0 Å². The second-order valence-electron chi connectivity index (χ2n) is 6.55. The molecule has 0 aliphatic rings. The predicted molar refractivity (Wildman–Crippen MR) is 101 cm³/mol. The Kier molecular flexibility index (Phi) is 20.2. The van der Waals surface area contributed by atoms with E-state index in [2.05, 4.69) is 12.3 Å². The number of rotatable bonds is 18. The van der Waals surface area contributed by atoms with E-state index >= 15 is 0 Å². The lowest BCUT2D eigenvalue weighted by Gasteiger charge is -2.03. The molecule has 0 nitrogen and oxygen atoms in total. The minimum Gasteiger partial charge on any atom is -0.0837 e. The van der Waals surface area contributed by atoms with E-state index in [4.69, 9.17) is 12.2 Å². The molecule has 0 heterocycles. The van der Waals surface area contributed by atoms with Gasteiger partial charge in [0, 0.05) is 5.37 Å². The van der Waals surface area contributed by atoms with E-state index in [-0.39, 0.29) is 0 Å². The van der Waals surface area contributed by atoms with Crippen molar-refractivity contribution in [3.05, 3.63) is 0 Å². The lowest BCUT2D eigenvalue weighted by molar-refractivity contribution is 0.528. The Morgan fingerprint density at radius 1 is 0.476 bits per heavy atom. The molecule has 0 aliphatic carbocycles. The van der Waals surface area contributed by atoms with E-state index in [0.29, 0.717) is 0 Å². The molecule has 0 unspecified atom stereocenters. The van der Waals surface area contributed by atoms with Crippen LogP contribution in [0.2, 0.25) is 0 Å². The number of thiocarbonyl (C=S) groups is 1. The topological polar surface area (TPSA) is 0 Å². The van der Waals surface area contributed by atoms with Gasteiger partial charge in [-0.3, -0.25) is 0 Å². The van der Waals surface area contributed by atoms with Crippen LogP contribution < -0.4 is 0 Å². The maximum atomic E-state index is 4.71. The molecule has 0 saturated carbocycles. The average Bonchev–Trinajstić information content (AvgIpc) is 2.50. The zero-order chi connectivity index (χ0) is 15.4. The summed E-state index contributed by atoms with van der Waals surface area (Å²) in [5.74, 6) is 0. The molecule has 0 aromatic carbocycles. The Morgan fingerprint density at radius 3 is 1.05 bits per heavy atom. The highest BCUT2D eigenvalue weighted by Crippen LogP contribution is 2.14.